The van der Waals surface area contributed by atoms with Gasteiger partial charge in [-0.05, 0) is 36.4 Å². The molecule has 0 radical (unpaired) electrons. The highest BCUT2D eigenvalue weighted by Crippen LogP contribution is 2.32. The third-order valence-electron chi connectivity index (χ3n) is 3.88. The van der Waals surface area contributed by atoms with Crippen LogP contribution in [-0.4, -0.2) is 10.9 Å². The standard InChI is InChI=1S/C20H13F2N3OS/c21-13-8-4-9-14(22)17(13)19(26)24-15-10-5-11-16-18(15)25-20(27-16)23-12-6-2-1-3-7-12/h1-11H,(H,23,25)(H,24,26). The minimum absolute atomic E-state index is 0.387. The first kappa shape index (κ1) is 17.1. The number of thiazole rings is 1. The van der Waals surface area contributed by atoms with Crippen LogP contribution in [0.2, 0.25) is 0 Å². The highest BCUT2D eigenvalue weighted by molar-refractivity contribution is 7.22. The molecule has 0 aliphatic rings. The number of rotatable bonds is 4. The lowest BCUT2D eigenvalue weighted by Gasteiger charge is -2.07. The molecule has 2 N–H and O–H groups in total. The second-order valence-corrected chi connectivity index (χ2v) is 6.74. The topological polar surface area (TPSA) is 54.0 Å². The average molecular weight is 381 g/mol. The molecule has 0 fully saturated rings. The van der Waals surface area contributed by atoms with Gasteiger partial charge in [-0.15, -0.1) is 0 Å². The van der Waals surface area contributed by atoms with E-state index in [9.17, 15) is 13.6 Å². The van der Waals surface area contributed by atoms with Gasteiger partial charge in [0, 0.05) is 5.69 Å². The summed E-state index contributed by atoms with van der Waals surface area (Å²) < 4.78 is 28.5. The number of aromatic nitrogens is 1. The average Bonchev–Trinajstić information content (AvgIpc) is 3.06. The predicted molar refractivity (Wildman–Crippen MR) is 104 cm³/mol. The molecule has 4 rings (SSSR count). The van der Waals surface area contributed by atoms with Crippen LogP contribution in [0, 0.1) is 11.6 Å². The monoisotopic (exact) mass is 381 g/mol. The van der Waals surface area contributed by atoms with E-state index < -0.39 is 23.1 Å². The molecule has 4 nitrogen and oxygen atoms in total. The Labute approximate surface area is 157 Å². The molecule has 134 valence electrons. The van der Waals surface area contributed by atoms with Crippen molar-refractivity contribution in [3.8, 4) is 0 Å². The molecule has 0 saturated heterocycles. The Morgan fingerprint density at radius 3 is 2.33 bits per heavy atom. The van der Waals surface area contributed by atoms with Crippen LogP contribution >= 0.6 is 11.3 Å². The molecule has 1 aromatic heterocycles. The molecule has 27 heavy (non-hydrogen) atoms. The van der Waals surface area contributed by atoms with E-state index in [0.717, 1.165) is 22.5 Å². The van der Waals surface area contributed by atoms with Crippen LogP contribution in [0.3, 0.4) is 0 Å². The summed E-state index contributed by atoms with van der Waals surface area (Å²) >= 11 is 1.41. The molecule has 4 aromatic rings. The zero-order valence-corrected chi connectivity index (χ0v) is 14.7. The zero-order valence-electron chi connectivity index (χ0n) is 13.9. The lowest BCUT2D eigenvalue weighted by atomic mass is 10.1. The highest BCUT2D eigenvalue weighted by atomic mass is 32.1. The maximum atomic E-state index is 13.8. The zero-order chi connectivity index (χ0) is 18.8. The molecule has 0 spiro atoms. The number of amides is 1. The van der Waals surface area contributed by atoms with E-state index in [2.05, 4.69) is 15.6 Å². The summed E-state index contributed by atoms with van der Waals surface area (Å²) in [6, 6.07) is 18.1. The molecular weight excluding hydrogens is 368 g/mol. The Morgan fingerprint density at radius 1 is 0.889 bits per heavy atom. The van der Waals surface area contributed by atoms with Crippen LogP contribution < -0.4 is 10.6 Å². The van der Waals surface area contributed by atoms with E-state index >= 15 is 0 Å². The maximum Gasteiger partial charge on any atom is 0.261 e. The van der Waals surface area contributed by atoms with Crippen LogP contribution in [0.1, 0.15) is 10.4 Å². The van der Waals surface area contributed by atoms with Gasteiger partial charge in [0.2, 0.25) is 0 Å². The van der Waals surface area contributed by atoms with Gasteiger partial charge in [0.1, 0.15) is 22.7 Å². The number of nitrogens with one attached hydrogen (secondary N) is 2. The summed E-state index contributed by atoms with van der Waals surface area (Å²) in [6.45, 7) is 0. The lowest BCUT2D eigenvalue weighted by molar-refractivity contribution is 0.101. The van der Waals surface area contributed by atoms with Crippen molar-refractivity contribution in [1.29, 1.82) is 0 Å². The predicted octanol–water partition coefficient (Wildman–Crippen LogP) is 5.57. The Bertz CT molecular complexity index is 1110. The SMILES string of the molecule is O=C(Nc1cccc2sc(Nc3ccccc3)nc12)c1c(F)cccc1F. The fraction of sp³-hybridized carbons (Fsp3) is 0. The van der Waals surface area contributed by atoms with Gasteiger partial charge in [0.15, 0.2) is 5.13 Å². The van der Waals surface area contributed by atoms with Crippen LogP contribution in [0.5, 0.6) is 0 Å². The molecule has 7 heteroatoms. The van der Waals surface area contributed by atoms with E-state index in [1.165, 1.54) is 17.4 Å². The third-order valence-corrected chi connectivity index (χ3v) is 4.82. The second kappa shape index (κ2) is 7.13. The number of benzene rings is 3. The number of carbonyl (C=O) groups excluding carboxylic acids is 1. The molecule has 0 aliphatic carbocycles. The number of nitrogens with zero attached hydrogens (tertiary/aromatic N) is 1. The number of para-hydroxylation sites is 2. The number of halogens is 2. The first-order valence-electron chi connectivity index (χ1n) is 8.09. The van der Waals surface area contributed by atoms with Gasteiger partial charge < -0.3 is 10.6 Å². The number of anilines is 3. The van der Waals surface area contributed by atoms with Crippen molar-refractivity contribution < 1.29 is 13.6 Å². The number of hydrogen-bond donors (Lipinski definition) is 2. The maximum absolute atomic E-state index is 13.8. The van der Waals surface area contributed by atoms with Gasteiger partial charge in [-0.1, -0.05) is 41.7 Å². The Kier molecular flexibility index (Phi) is 4.52. The van der Waals surface area contributed by atoms with E-state index in [0.29, 0.717) is 16.3 Å². The second-order valence-electron chi connectivity index (χ2n) is 5.71. The number of fused-ring (bicyclic) bond motifs is 1. The summed E-state index contributed by atoms with van der Waals surface area (Å²) in [5, 5.41) is 6.40. The van der Waals surface area contributed by atoms with Crippen molar-refractivity contribution >= 4 is 44.0 Å². The summed E-state index contributed by atoms with van der Waals surface area (Å²) in [4.78, 5) is 16.9. The first-order chi connectivity index (χ1) is 13.1. The summed E-state index contributed by atoms with van der Waals surface area (Å²) in [5.41, 5.74) is 1.20. The normalized spacial score (nSPS) is 10.7. The molecule has 1 heterocycles. The first-order valence-corrected chi connectivity index (χ1v) is 8.90. The Hall–Kier alpha value is -3.32. The van der Waals surface area contributed by atoms with E-state index in [-0.39, 0.29) is 0 Å². The largest absolute Gasteiger partial charge is 0.332 e. The minimum Gasteiger partial charge on any atom is -0.332 e. The van der Waals surface area contributed by atoms with Crippen molar-refractivity contribution in [2.75, 3.05) is 10.6 Å². The molecule has 1 amide bonds. The van der Waals surface area contributed by atoms with Crippen LogP contribution in [-0.2, 0) is 0 Å². The summed E-state index contributed by atoms with van der Waals surface area (Å²) in [7, 11) is 0. The smallest absolute Gasteiger partial charge is 0.261 e. The van der Waals surface area contributed by atoms with Crippen LogP contribution in [0.15, 0.2) is 66.7 Å². The van der Waals surface area contributed by atoms with E-state index in [1.54, 1.807) is 12.1 Å². The van der Waals surface area contributed by atoms with Crippen molar-refractivity contribution in [2.45, 2.75) is 0 Å². The van der Waals surface area contributed by atoms with Crippen LogP contribution in [0.4, 0.5) is 25.3 Å². The van der Waals surface area contributed by atoms with Crippen molar-refractivity contribution in [3.63, 3.8) is 0 Å². The van der Waals surface area contributed by atoms with Gasteiger partial charge >= 0.3 is 0 Å². The van der Waals surface area contributed by atoms with E-state index in [4.69, 9.17) is 0 Å². The van der Waals surface area contributed by atoms with Gasteiger partial charge in [0.05, 0.1) is 10.4 Å². The molecule has 0 atom stereocenters. The molecular formula is C20H13F2N3OS. The van der Waals surface area contributed by atoms with Crippen molar-refractivity contribution in [3.05, 3.63) is 83.9 Å². The minimum atomic E-state index is -0.913. The summed E-state index contributed by atoms with van der Waals surface area (Å²) in [5.74, 6) is -2.68. The molecule has 3 aromatic carbocycles. The van der Waals surface area contributed by atoms with Gasteiger partial charge in [0.25, 0.3) is 5.91 Å². The number of carbonyl (C=O) groups is 1. The van der Waals surface area contributed by atoms with Gasteiger partial charge in [-0.2, -0.15) is 0 Å². The summed E-state index contributed by atoms with van der Waals surface area (Å²) in [6.07, 6.45) is 0. The fourth-order valence-electron chi connectivity index (χ4n) is 2.65. The molecule has 0 aliphatic heterocycles. The number of hydrogen-bond acceptors (Lipinski definition) is 4. The third kappa shape index (κ3) is 3.50. The van der Waals surface area contributed by atoms with Gasteiger partial charge in [-0.3, -0.25) is 4.79 Å². The van der Waals surface area contributed by atoms with Crippen molar-refractivity contribution in [2.24, 2.45) is 0 Å². The van der Waals surface area contributed by atoms with E-state index in [1.807, 2.05) is 36.4 Å². The molecule has 0 saturated carbocycles. The molecule has 0 unspecified atom stereocenters. The van der Waals surface area contributed by atoms with Gasteiger partial charge in [-0.25, -0.2) is 13.8 Å². The lowest BCUT2D eigenvalue weighted by Crippen LogP contribution is -2.16. The fourth-order valence-corrected chi connectivity index (χ4v) is 3.56. The Morgan fingerprint density at radius 2 is 1.59 bits per heavy atom. The van der Waals surface area contributed by atoms with Crippen molar-refractivity contribution in [1.82, 2.24) is 4.98 Å². The quantitative estimate of drug-likeness (QED) is 0.486. The Balaban J connectivity index is 1.65. The van der Waals surface area contributed by atoms with Crippen LogP contribution in [0.25, 0.3) is 10.2 Å². The molecule has 0 bridgehead atoms. The highest BCUT2D eigenvalue weighted by Gasteiger charge is 2.18.